The van der Waals surface area contributed by atoms with E-state index < -0.39 is 5.92 Å². The highest BCUT2D eigenvalue weighted by Gasteiger charge is 2.37. The van der Waals surface area contributed by atoms with Gasteiger partial charge in [0.05, 0.1) is 23.9 Å². The van der Waals surface area contributed by atoms with Gasteiger partial charge in [0.25, 0.3) is 11.8 Å². The molecule has 2 saturated heterocycles. The van der Waals surface area contributed by atoms with Gasteiger partial charge in [0.1, 0.15) is 6.10 Å². The second kappa shape index (κ2) is 10.9. The van der Waals surface area contributed by atoms with Crippen LogP contribution in [0.4, 0.5) is 14.5 Å². The lowest BCUT2D eigenvalue weighted by Crippen LogP contribution is -2.35. The monoisotopic (exact) mass is 547 g/mol. The van der Waals surface area contributed by atoms with Crippen molar-refractivity contribution >= 4 is 22.5 Å². The Morgan fingerprint density at radius 2 is 1.95 bits per heavy atom. The molecule has 2 aliphatic rings. The Morgan fingerprint density at radius 1 is 1.10 bits per heavy atom. The lowest BCUT2D eigenvalue weighted by Gasteiger charge is -2.28. The van der Waals surface area contributed by atoms with Crippen LogP contribution in [-0.4, -0.2) is 81.1 Å². The number of likely N-dealkylation sites (tertiary alicyclic amines) is 2. The van der Waals surface area contributed by atoms with Crippen molar-refractivity contribution in [2.45, 2.75) is 37.8 Å². The van der Waals surface area contributed by atoms with Gasteiger partial charge in [-0.05, 0) is 55.3 Å². The maximum absolute atomic E-state index is 13.6. The predicted molar refractivity (Wildman–Crippen MR) is 148 cm³/mol. The van der Waals surface area contributed by atoms with E-state index in [0.29, 0.717) is 30.0 Å². The predicted octanol–water partition coefficient (Wildman–Crippen LogP) is 4.59. The van der Waals surface area contributed by atoms with E-state index in [4.69, 9.17) is 4.74 Å². The summed E-state index contributed by atoms with van der Waals surface area (Å²) in [6, 6.07) is 11.1. The summed E-state index contributed by atoms with van der Waals surface area (Å²) in [4.78, 5) is 25.9. The Kier molecular flexibility index (Phi) is 7.16. The van der Waals surface area contributed by atoms with E-state index in [1.807, 2.05) is 24.3 Å². The fraction of sp³-hybridized carbons (Fsp3) is 0.379. The minimum atomic E-state index is -2.63. The van der Waals surface area contributed by atoms with Gasteiger partial charge in [0.15, 0.2) is 5.69 Å². The lowest BCUT2D eigenvalue weighted by molar-refractivity contribution is 0.0115. The second-order valence-electron chi connectivity index (χ2n) is 10.7. The Balaban J connectivity index is 1.14. The van der Waals surface area contributed by atoms with Gasteiger partial charge in [0.2, 0.25) is 5.88 Å². The van der Waals surface area contributed by atoms with Gasteiger partial charge in [-0.1, -0.05) is 6.07 Å². The van der Waals surface area contributed by atoms with Crippen molar-refractivity contribution in [2.24, 2.45) is 0 Å². The van der Waals surface area contributed by atoms with Crippen LogP contribution in [0.2, 0.25) is 0 Å². The summed E-state index contributed by atoms with van der Waals surface area (Å²) in [5.74, 6) is -2.46. The molecule has 3 aromatic heterocycles. The molecule has 40 heavy (non-hydrogen) atoms. The number of pyridine rings is 2. The summed E-state index contributed by atoms with van der Waals surface area (Å²) < 4.78 is 33.2. The number of halogens is 2. The maximum Gasteiger partial charge on any atom is 0.276 e. The third kappa shape index (κ3) is 5.95. The highest BCUT2D eigenvalue weighted by Crippen LogP contribution is 2.30. The molecule has 11 heteroatoms. The van der Waals surface area contributed by atoms with Crippen molar-refractivity contribution in [1.29, 1.82) is 0 Å². The zero-order valence-corrected chi connectivity index (χ0v) is 22.2. The van der Waals surface area contributed by atoms with Crippen molar-refractivity contribution in [3.05, 3.63) is 66.2 Å². The van der Waals surface area contributed by atoms with Crippen LogP contribution in [0.3, 0.4) is 0 Å². The van der Waals surface area contributed by atoms with Crippen LogP contribution in [-0.2, 0) is 6.54 Å². The van der Waals surface area contributed by atoms with Crippen molar-refractivity contribution in [2.75, 3.05) is 38.5 Å². The molecule has 0 radical (unpaired) electrons. The number of fused-ring (bicyclic) bond motifs is 1. The maximum atomic E-state index is 13.6. The summed E-state index contributed by atoms with van der Waals surface area (Å²) >= 11 is 0. The highest BCUT2D eigenvalue weighted by atomic mass is 19.3. The highest BCUT2D eigenvalue weighted by molar-refractivity contribution is 6.11. The number of piperidine rings is 1. The molecule has 1 aromatic carbocycles. The van der Waals surface area contributed by atoms with Crippen molar-refractivity contribution < 1.29 is 18.3 Å². The number of carbonyl (C=O) groups excluding carboxylic acids is 1. The molecular formula is C29H31F2N7O2. The van der Waals surface area contributed by atoms with Gasteiger partial charge in [-0.2, -0.15) is 5.10 Å². The summed E-state index contributed by atoms with van der Waals surface area (Å²) in [6.07, 6.45) is 6.96. The Labute approximate surface area is 230 Å². The average molecular weight is 548 g/mol. The number of H-pyrrole nitrogens is 1. The molecule has 0 atom stereocenters. The van der Waals surface area contributed by atoms with E-state index in [1.165, 1.54) is 0 Å². The van der Waals surface area contributed by atoms with Crippen LogP contribution in [0.25, 0.3) is 22.0 Å². The number of hydrogen-bond acceptors (Lipinski definition) is 7. The van der Waals surface area contributed by atoms with E-state index in [-0.39, 0.29) is 30.7 Å². The third-order valence-electron chi connectivity index (χ3n) is 7.51. The molecule has 0 bridgehead atoms. The molecule has 0 spiro atoms. The van der Waals surface area contributed by atoms with E-state index >= 15 is 0 Å². The summed E-state index contributed by atoms with van der Waals surface area (Å²) in [5.41, 5.74) is 4.06. The van der Waals surface area contributed by atoms with Crippen LogP contribution < -0.4 is 10.1 Å². The first-order valence-electron chi connectivity index (χ1n) is 13.5. The fourth-order valence-electron chi connectivity index (χ4n) is 5.29. The summed E-state index contributed by atoms with van der Waals surface area (Å²) in [7, 11) is 2.11. The standard InChI is InChI=1S/C29H31F2N7O2/c1-37-9-6-23(7-10-37)40-26-5-3-22(16-33-26)34-28(39)27-24-13-20(2-4-25(24)35-36-27)21-12-19(14-32-15-21)17-38-11-8-29(30,31)18-38/h2-5,12-16,23H,6-11,17-18H2,1H3,(H,34,39)(H,35,36). The normalized spacial score (nSPS) is 18.3. The number of anilines is 1. The van der Waals surface area contributed by atoms with E-state index in [9.17, 15) is 13.6 Å². The van der Waals surface area contributed by atoms with Gasteiger partial charge in [-0.15, -0.1) is 0 Å². The number of ether oxygens (including phenoxy) is 1. The van der Waals surface area contributed by atoms with Crippen molar-refractivity contribution in [1.82, 2.24) is 30.0 Å². The molecule has 9 nitrogen and oxygen atoms in total. The topological polar surface area (TPSA) is 99.3 Å². The number of carbonyl (C=O) groups is 1. The van der Waals surface area contributed by atoms with E-state index in [2.05, 4.69) is 37.4 Å². The molecule has 0 saturated carbocycles. The smallest absolute Gasteiger partial charge is 0.276 e. The lowest BCUT2D eigenvalue weighted by atomic mass is 10.0. The molecule has 6 rings (SSSR count). The molecule has 2 N–H and O–H groups in total. The molecule has 0 aliphatic carbocycles. The summed E-state index contributed by atoms with van der Waals surface area (Å²) in [5, 5.41) is 10.7. The number of nitrogens with zero attached hydrogens (tertiary/aromatic N) is 5. The zero-order valence-electron chi connectivity index (χ0n) is 22.2. The molecule has 4 aromatic rings. The van der Waals surface area contributed by atoms with Gasteiger partial charge in [-0.25, -0.2) is 13.8 Å². The fourth-order valence-corrected chi connectivity index (χ4v) is 5.29. The number of aromatic amines is 1. The second-order valence-corrected chi connectivity index (χ2v) is 10.7. The number of alkyl halides is 2. The van der Waals surface area contributed by atoms with Crippen LogP contribution in [0.1, 0.15) is 35.3 Å². The average Bonchev–Trinajstić information content (AvgIpc) is 3.53. The van der Waals surface area contributed by atoms with Crippen LogP contribution in [0, 0.1) is 0 Å². The minimum absolute atomic E-state index is 0.116. The molecule has 5 heterocycles. The SMILES string of the molecule is CN1CCC(Oc2ccc(NC(=O)c3n[nH]c4ccc(-c5cncc(CN6CCC(F)(F)C6)c5)cc34)cn2)CC1. The molecule has 208 valence electrons. The molecule has 2 aliphatic heterocycles. The van der Waals surface area contributed by atoms with Crippen molar-refractivity contribution in [3.63, 3.8) is 0 Å². The number of aromatic nitrogens is 4. The number of nitrogens with one attached hydrogen (secondary N) is 2. The van der Waals surface area contributed by atoms with Crippen molar-refractivity contribution in [3.8, 4) is 17.0 Å². The van der Waals surface area contributed by atoms with Crippen LogP contribution >= 0.6 is 0 Å². The van der Waals surface area contributed by atoms with Gasteiger partial charge in [-0.3, -0.25) is 19.8 Å². The van der Waals surface area contributed by atoms with Gasteiger partial charge >= 0.3 is 0 Å². The van der Waals surface area contributed by atoms with Gasteiger partial charge in [0, 0.05) is 62.0 Å². The molecular weight excluding hydrogens is 516 g/mol. The molecule has 0 unspecified atom stereocenters. The zero-order chi connectivity index (χ0) is 27.7. The summed E-state index contributed by atoms with van der Waals surface area (Å²) in [6.45, 7) is 2.54. The van der Waals surface area contributed by atoms with E-state index in [0.717, 1.165) is 48.1 Å². The first kappa shape index (κ1) is 26.3. The number of benzene rings is 1. The van der Waals surface area contributed by atoms with Crippen LogP contribution in [0.5, 0.6) is 5.88 Å². The quantitative estimate of drug-likeness (QED) is 0.349. The largest absolute Gasteiger partial charge is 0.474 e. The van der Waals surface area contributed by atoms with Gasteiger partial charge < -0.3 is 15.0 Å². The first-order chi connectivity index (χ1) is 19.3. The number of amides is 1. The Bertz CT molecular complexity index is 1500. The Morgan fingerprint density at radius 3 is 2.70 bits per heavy atom. The third-order valence-corrected chi connectivity index (χ3v) is 7.51. The van der Waals surface area contributed by atoms with E-state index in [1.54, 1.807) is 35.6 Å². The molecule has 2 fully saturated rings. The number of rotatable bonds is 7. The van der Waals surface area contributed by atoms with Crippen LogP contribution in [0.15, 0.2) is 55.0 Å². The number of hydrogen-bond donors (Lipinski definition) is 2. The Hall–Kier alpha value is -3.96. The minimum Gasteiger partial charge on any atom is -0.474 e. The molecule has 1 amide bonds. The first-order valence-corrected chi connectivity index (χ1v) is 13.5.